The standard InChI is InChI=1S/C16H12FNO/c1-12-2-4-13(5-3-12)6-7-14-8-9-16(17)10-15(14)11-18-19/h2-5,8-11,19H,1H3/b18-11+. The Bertz CT molecular complexity index is 663. The van der Waals surface area contributed by atoms with Gasteiger partial charge in [-0.05, 0) is 37.3 Å². The third-order valence-corrected chi connectivity index (χ3v) is 2.60. The molecular formula is C16H12FNO. The zero-order valence-electron chi connectivity index (χ0n) is 10.4. The highest BCUT2D eigenvalue weighted by atomic mass is 19.1. The summed E-state index contributed by atoms with van der Waals surface area (Å²) in [7, 11) is 0. The van der Waals surface area contributed by atoms with Gasteiger partial charge in [0.25, 0.3) is 0 Å². The fraction of sp³-hybridized carbons (Fsp3) is 0.0625. The van der Waals surface area contributed by atoms with Crippen molar-refractivity contribution in [3.63, 3.8) is 0 Å². The quantitative estimate of drug-likeness (QED) is 0.359. The van der Waals surface area contributed by atoms with E-state index in [0.717, 1.165) is 5.56 Å². The molecule has 0 atom stereocenters. The van der Waals surface area contributed by atoms with E-state index in [1.54, 1.807) is 6.07 Å². The second-order valence-corrected chi connectivity index (χ2v) is 4.09. The van der Waals surface area contributed by atoms with Gasteiger partial charge in [0.15, 0.2) is 0 Å². The molecule has 0 aliphatic carbocycles. The highest BCUT2D eigenvalue weighted by molar-refractivity contribution is 5.83. The number of benzene rings is 2. The van der Waals surface area contributed by atoms with Crippen molar-refractivity contribution in [1.82, 2.24) is 0 Å². The Morgan fingerprint density at radius 2 is 1.84 bits per heavy atom. The number of nitrogens with zero attached hydrogens (tertiary/aromatic N) is 1. The number of halogens is 1. The second kappa shape index (κ2) is 5.83. The predicted molar refractivity (Wildman–Crippen MR) is 72.9 cm³/mol. The summed E-state index contributed by atoms with van der Waals surface area (Å²) in [5.74, 6) is 5.54. The van der Waals surface area contributed by atoms with Crippen LogP contribution in [-0.2, 0) is 0 Å². The van der Waals surface area contributed by atoms with E-state index in [0.29, 0.717) is 11.1 Å². The molecule has 0 aliphatic heterocycles. The molecule has 0 bridgehead atoms. The van der Waals surface area contributed by atoms with Crippen LogP contribution in [0, 0.1) is 24.6 Å². The fourth-order valence-corrected chi connectivity index (χ4v) is 1.59. The molecular weight excluding hydrogens is 241 g/mol. The summed E-state index contributed by atoms with van der Waals surface area (Å²) in [6.45, 7) is 2.01. The van der Waals surface area contributed by atoms with Gasteiger partial charge in [0.2, 0.25) is 0 Å². The smallest absolute Gasteiger partial charge is 0.123 e. The van der Waals surface area contributed by atoms with Gasteiger partial charge >= 0.3 is 0 Å². The highest BCUT2D eigenvalue weighted by Crippen LogP contribution is 2.09. The highest BCUT2D eigenvalue weighted by Gasteiger charge is 1.99. The van der Waals surface area contributed by atoms with Crippen LogP contribution in [0.1, 0.15) is 22.3 Å². The first-order chi connectivity index (χ1) is 9.19. The number of hydrogen-bond donors (Lipinski definition) is 1. The average molecular weight is 253 g/mol. The molecule has 0 radical (unpaired) electrons. The second-order valence-electron chi connectivity index (χ2n) is 4.09. The summed E-state index contributed by atoms with van der Waals surface area (Å²) < 4.78 is 13.1. The normalized spacial score (nSPS) is 10.2. The molecule has 19 heavy (non-hydrogen) atoms. The topological polar surface area (TPSA) is 32.6 Å². The summed E-state index contributed by atoms with van der Waals surface area (Å²) in [5, 5.41) is 11.5. The van der Waals surface area contributed by atoms with E-state index in [1.807, 2.05) is 31.2 Å². The van der Waals surface area contributed by atoms with Gasteiger partial charge in [0.05, 0.1) is 6.21 Å². The van der Waals surface area contributed by atoms with Crippen molar-refractivity contribution < 1.29 is 9.60 Å². The van der Waals surface area contributed by atoms with Crippen LogP contribution in [0.15, 0.2) is 47.6 Å². The van der Waals surface area contributed by atoms with Gasteiger partial charge < -0.3 is 5.21 Å². The lowest BCUT2D eigenvalue weighted by atomic mass is 10.1. The number of oxime groups is 1. The molecule has 1 N–H and O–H groups in total. The van der Waals surface area contributed by atoms with Crippen molar-refractivity contribution in [2.75, 3.05) is 0 Å². The molecule has 2 nitrogen and oxygen atoms in total. The van der Waals surface area contributed by atoms with Crippen LogP contribution in [0.25, 0.3) is 0 Å². The average Bonchev–Trinajstić information content (AvgIpc) is 2.40. The van der Waals surface area contributed by atoms with Crippen LogP contribution in [0.5, 0.6) is 0 Å². The molecule has 0 aliphatic rings. The van der Waals surface area contributed by atoms with Crippen molar-refractivity contribution in [3.05, 3.63) is 70.5 Å². The van der Waals surface area contributed by atoms with E-state index < -0.39 is 5.82 Å². The van der Waals surface area contributed by atoms with E-state index in [4.69, 9.17) is 5.21 Å². The van der Waals surface area contributed by atoms with Crippen LogP contribution in [-0.4, -0.2) is 11.4 Å². The Morgan fingerprint density at radius 1 is 1.11 bits per heavy atom. The SMILES string of the molecule is Cc1ccc(C#Cc2ccc(F)cc2/C=N/O)cc1. The van der Waals surface area contributed by atoms with E-state index >= 15 is 0 Å². The van der Waals surface area contributed by atoms with Crippen LogP contribution in [0.4, 0.5) is 4.39 Å². The number of hydrogen-bond acceptors (Lipinski definition) is 2. The van der Waals surface area contributed by atoms with Crippen molar-refractivity contribution in [2.45, 2.75) is 6.92 Å². The van der Waals surface area contributed by atoms with E-state index in [9.17, 15) is 4.39 Å². The first-order valence-electron chi connectivity index (χ1n) is 5.75. The van der Waals surface area contributed by atoms with Crippen LogP contribution >= 0.6 is 0 Å². The lowest BCUT2D eigenvalue weighted by molar-refractivity contribution is 0.322. The summed E-state index contributed by atoms with van der Waals surface area (Å²) in [4.78, 5) is 0. The molecule has 2 aromatic rings. The predicted octanol–water partition coefficient (Wildman–Crippen LogP) is 3.34. The maximum atomic E-state index is 13.1. The van der Waals surface area contributed by atoms with Gasteiger partial charge in [0.1, 0.15) is 5.82 Å². The Kier molecular flexibility index (Phi) is 3.94. The molecule has 0 heterocycles. The zero-order chi connectivity index (χ0) is 13.7. The fourth-order valence-electron chi connectivity index (χ4n) is 1.59. The molecule has 0 aromatic heterocycles. The lowest BCUT2D eigenvalue weighted by Crippen LogP contribution is -1.90. The zero-order valence-corrected chi connectivity index (χ0v) is 10.4. The number of rotatable bonds is 1. The van der Waals surface area contributed by atoms with Gasteiger partial charge in [-0.1, -0.05) is 34.7 Å². The minimum Gasteiger partial charge on any atom is -0.411 e. The van der Waals surface area contributed by atoms with Crippen molar-refractivity contribution in [2.24, 2.45) is 5.16 Å². The summed E-state index contributed by atoms with van der Waals surface area (Å²) in [6.07, 6.45) is 1.17. The Hall–Kier alpha value is -2.60. The molecule has 94 valence electrons. The van der Waals surface area contributed by atoms with Crippen molar-refractivity contribution in [1.29, 1.82) is 0 Å². The van der Waals surface area contributed by atoms with Crippen LogP contribution in [0.2, 0.25) is 0 Å². The maximum absolute atomic E-state index is 13.1. The van der Waals surface area contributed by atoms with Gasteiger partial charge in [-0.2, -0.15) is 0 Å². The largest absolute Gasteiger partial charge is 0.411 e. The van der Waals surface area contributed by atoms with Crippen LogP contribution in [0.3, 0.4) is 0 Å². The molecule has 0 spiro atoms. The van der Waals surface area contributed by atoms with Gasteiger partial charge in [-0.3, -0.25) is 0 Å². The number of aryl methyl sites for hydroxylation is 1. The molecule has 0 unspecified atom stereocenters. The first-order valence-corrected chi connectivity index (χ1v) is 5.75. The van der Waals surface area contributed by atoms with E-state index in [2.05, 4.69) is 17.0 Å². The Balaban J connectivity index is 2.36. The van der Waals surface area contributed by atoms with E-state index in [-0.39, 0.29) is 0 Å². The molecule has 2 aromatic carbocycles. The Labute approximate surface area is 111 Å². The summed E-state index contributed by atoms with van der Waals surface area (Å²) >= 11 is 0. The molecule has 0 saturated carbocycles. The van der Waals surface area contributed by atoms with Crippen molar-refractivity contribution in [3.8, 4) is 11.8 Å². The summed E-state index contributed by atoms with van der Waals surface area (Å²) in [6, 6.07) is 12.0. The molecule has 3 heteroatoms. The Morgan fingerprint density at radius 3 is 2.53 bits per heavy atom. The van der Waals surface area contributed by atoms with Crippen LogP contribution < -0.4 is 0 Å². The minimum atomic E-state index is -0.393. The molecule has 0 amide bonds. The molecule has 0 saturated heterocycles. The van der Waals surface area contributed by atoms with E-state index in [1.165, 1.54) is 23.9 Å². The molecule has 0 fully saturated rings. The van der Waals surface area contributed by atoms with Crippen molar-refractivity contribution >= 4 is 6.21 Å². The van der Waals surface area contributed by atoms with Gasteiger partial charge in [-0.15, -0.1) is 0 Å². The third kappa shape index (κ3) is 3.43. The minimum absolute atomic E-state index is 0.393. The van der Waals surface area contributed by atoms with Gasteiger partial charge in [0, 0.05) is 16.7 Å². The monoisotopic (exact) mass is 253 g/mol. The first kappa shape index (κ1) is 12.8. The lowest BCUT2D eigenvalue weighted by Gasteiger charge is -1.97. The van der Waals surface area contributed by atoms with Gasteiger partial charge in [-0.25, -0.2) is 4.39 Å². The maximum Gasteiger partial charge on any atom is 0.123 e. The summed E-state index contributed by atoms with van der Waals surface area (Å²) in [5.41, 5.74) is 3.10. The molecule has 2 rings (SSSR count). The third-order valence-electron chi connectivity index (χ3n) is 2.60.